The molecule has 126 valence electrons. The first-order valence-electron chi connectivity index (χ1n) is 7.61. The quantitative estimate of drug-likeness (QED) is 0.798. The van der Waals surface area contributed by atoms with Crippen LogP contribution in [0.15, 0.2) is 51.8 Å². The van der Waals surface area contributed by atoms with Gasteiger partial charge in [0.25, 0.3) is 0 Å². The molecule has 2 aromatic rings. The normalized spacial score (nSPS) is 13.5. The highest BCUT2D eigenvalue weighted by atomic mass is 79.9. The van der Waals surface area contributed by atoms with E-state index in [1.54, 1.807) is 30.3 Å². The minimum Gasteiger partial charge on any atom is -0.324 e. The zero-order valence-corrected chi connectivity index (χ0v) is 15.3. The van der Waals surface area contributed by atoms with Gasteiger partial charge in [0, 0.05) is 4.47 Å². The van der Waals surface area contributed by atoms with Gasteiger partial charge in [0.15, 0.2) is 0 Å². The van der Waals surface area contributed by atoms with Gasteiger partial charge in [-0.15, -0.1) is 0 Å². The van der Waals surface area contributed by atoms with E-state index in [2.05, 4.69) is 26.0 Å². The van der Waals surface area contributed by atoms with Gasteiger partial charge >= 0.3 is 0 Å². The van der Waals surface area contributed by atoms with Crippen molar-refractivity contribution < 1.29 is 13.2 Å². The molecular formula is C17H17BrN2O3S. The number of aryl methyl sites for hydroxylation is 2. The van der Waals surface area contributed by atoms with Crippen LogP contribution < -0.4 is 10.0 Å². The minimum atomic E-state index is -3.70. The molecule has 0 atom stereocenters. The smallest absolute Gasteiger partial charge is 0.241 e. The van der Waals surface area contributed by atoms with Crippen LogP contribution >= 0.6 is 15.9 Å². The van der Waals surface area contributed by atoms with Gasteiger partial charge in [0.2, 0.25) is 15.9 Å². The Kier molecular flexibility index (Phi) is 5.03. The van der Waals surface area contributed by atoms with Crippen LogP contribution in [0.4, 0.5) is 5.69 Å². The topological polar surface area (TPSA) is 75.3 Å². The summed E-state index contributed by atoms with van der Waals surface area (Å²) < 4.78 is 27.8. The maximum Gasteiger partial charge on any atom is 0.241 e. The number of hydrogen-bond acceptors (Lipinski definition) is 3. The number of fused-ring (bicyclic) bond motifs is 1. The number of carbonyl (C=O) groups is 1. The fourth-order valence-electron chi connectivity index (χ4n) is 2.72. The Morgan fingerprint density at radius 1 is 1.08 bits per heavy atom. The van der Waals surface area contributed by atoms with Crippen molar-refractivity contribution in [3.8, 4) is 0 Å². The Bertz CT molecular complexity index is 881. The SMILES string of the molecule is O=C(CNS(=O)(=O)c1ccc2c(c1)CCC2)Nc1ccccc1Br. The lowest BCUT2D eigenvalue weighted by Gasteiger charge is -2.10. The van der Waals surface area contributed by atoms with Gasteiger partial charge in [-0.25, -0.2) is 13.1 Å². The van der Waals surface area contributed by atoms with Gasteiger partial charge in [0.1, 0.15) is 0 Å². The average molecular weight is 409 g/mol. The molecule has 0 fully saturated rings. The van der Waals surface area contributed by atoms with Crippen molar-refractivity contribution >= 4 is 37.5 Å². The van der Waals surface area contributed by atoms with Crippen LogP contribution in [0.25, 0.3) is 0 Å². The molecule has 1 aliphatic rings. The number of benzene rings is 2. The molecule has 1 aliphatic carbocycles. The van der Waals surface area contributed by atoms with Crippen molar-refractivity contribution in [1.82, 2.24) is 4.72 Å². The van der Waals surface area contributed by atoms with E-state index >= 15 is 0 Å². The molecule has 0 aliphatic heterocycles. The van der Waals surface area contributed by atoms with Crippen LogP contribution in [0.1, 0.15) is 17.5 Å². The number of rotatable bonds is 5. The van der Waals surface area contributed by atoms with E-state index < -0.39 is 15.9 Å². The monoisotopic (exact) mass is 408 g/mol. The zero-order valence-electron chi connectivity index (χ0n) is 12.9. The van der Waals surface area contributed by atoms with Crippen LogP contribution in [0.3, 0.4) is 0 Å². The van der Waals surface area contributed by atoms with Crippen molar-refractivity contribution in [2.24, 2.45) is 0 Å². The summed E-state index contributed by atoms with van der Waals surface area (Å²) in [6.45, 7) is -0.319. The van der Waals surface area contributed by atoms with E-state index in [1.807, 2.05) is 12.1 Å². The Morgan fingerprint density at radius 3 is 2.62 bits per heavy atom. The maximum atomic E-state index is 12.4. The van der Waals surface area contributed by atoms with Crippen molar-refractivity contribution in [2.45, 2.75) is 24.2 Å². The number of nitrogens with one attached hydrogen (secondary N) is 2. The molecule has 0 spiro atoms. The molecule has 0 saturated carbocycles. The highest BCUT2D eigenvalue weighted by molar-refractivity contribution is 9.10. The van der Waals surface area contributed by atoms with Gasteiger partial charge in [-0.05, 0) is 70.6 Å². The van der Waals surface area contributed by atoms with E-state index in [4.69, 9.17) is 0 Å². The van der Waals surface area contributed by atoms with Crippen LogP contribution in [-0.2, 0) is 27.7 Å². The average Bonchev–Trinajstić information content (AvgIpc) is 3.03. The van der Waals surface area contributed by atoms with Gasteiger partial charge in [-0.3, -0.25) is 4.79 Å². The van der Waals surface area contributed by atoms with Crippen molar-refractivity contribution in [2.75, 3.05) is 11.9 Å². The third kappa shape index (κ3) is 3.85. The van der Waals surface area contributed by atoms with E-state index in [1.165, 1.54) is 5.56 Å². The summed E-state index contributed by atoms with van der Waals surface area (Å²) in [6, 6.07) is 12.3. The van der Waals surface area contributed by atoms with Gasteiger partial charge < -0.3 is 5.32 Å². The van der Waals surface area contributed by atoms with Crippen LogP contribution in [0, 0.1) is 0 Å². The van der Waals surface area contributed by atoms with Crippen LogP contribution in [0.5, 0.6) is 0 Å². The lowest BCUT2D eigenvalue weighted by Crippen LogP contribution is -2.33. The van der Waals surface area contributed by atoms with E-state index in [0.29, 0.717) is 5.69 Å². The largest absolute Gasteiger partial charge is 0.324 e. The first kappa shape index (κ1) is 17.1. The standard InChI is InChI=1S/C17H17BrN2O3S/c18-15-6-1-2-7-16(15)20-17(21)11-19-24(22,23)14-9-8-12-4-3-5-13(12)10-14/h1-2,6-10,19H,3-5,11H2,(H,20,21). The van der Waals surface area contributed by atoms with Gasteiger partial charge in [0.05, 0.1) is 17.1 Å². The molecule has 0 heterocycles. The fourth-order valence-corrected chi connectivity index (χ4v) is 4.13. The first-order chi connectivity index (χ1) is 11.5. The molecule has 3 rings (SSSR count). The predicted octanol–water partition coefficient (Wildman–Crippen LogP) is 2.85. The summed E-state index contributed by atoms with van der Waals surface area (Å²) in [5.41, 5.74) is 2.88. The highest BCUT2D eigenvalue weighted by Crippen LogP contribution is 2.24. The zero-order chi connectivity index (χ0) is 17.2. The van der Waals surface area contributed by atoms with Crippen LogP contribution in [0.2, 0.25) is 0 Å². The number of halogens is 1. The second kappa shape index (κ2) is 7.04. The fraction of sp³-hybridized carbons (Fsp3) is 0.235. The molecule has 0 aromatic heterocycles. The Balaban J connectivity index is 1.65. The molecule has 0 radical (unpaired) electrons. The number of hydrogen-bond donors (Lipinski definition) is 2. The Morgan fingerprint density at radius 2 is 1.83 bits per heavy atom. The number of anilines is 1. The van der Waals surface area contributed by atoms with Gasteiger partial charge in [-0.2, -0.15) is 0 Å². The Labute approximate surface area is 149 Å². The van der Waals surface area contributed by atoms with Crippen molar-refractivity contribution in [3.63, 3.8) is 0 Å². The van der Waals surface area contributed by atoms with Crippen molar-refractivity contribution in [3.05, 3.63) is 58.1 Å². The highest BCUT2D eigenvalue weighted by Gasteiger charge is 2.19. The molecule has 5 nitrogen and oxygen atoms in total. The van der Waals surface area contributed by atoms with Crippen molar-refractivity contribution in [1.29, 1.82) is 0 Å². The Hall–Kier alpha value is -1.70. The van der Waals surface area contributed by atoms with E-state index in [-0.39, 0.29) is 11.4 Å². The molecule has 2 N–H and O–H groups in total. The summed E-state index contributed by atoms with van der Waals surface area (Å²) in [5, 5.41) is 2.66. The second-order valence-corrected chi connectivity index (χ2v) is 8.26. The minimum absolute atomic E-state index is 0.205. The summed E-state index contributed by atoms with van der Waals surface area (Å²) in [6.07, 6.45) is 2.96. The van der Waals surface area contributed by atoms with E-state index in [9.17, 15) is 13.2 Å². The molecule has 0 bridgehead atoms. The molecule has 2 aromatic carbocycles. The summed E-state index contributed by atoms with van der Waals surface area (Å²) >= 11 is 3.33. The van der Waals surface area contributed by atoms with E-state index in [0.717, 1.165) is 29.3 Å². The number of amides is 1. The molecule has 0 unspecified atom stereocenters. The maximum absolute atomic E-state index is 12.4. The number of carbonyl (C=O) groups excluding carboxylic acids is 1. The number of sulfonamides is 1. The lowest BCUT2D eigenvalue weighted by molar-refractivity contribution is -0.115. The molecule has 0 saturated heterocycles. The summed E-state index contributed by atoms with van der Waals surface area (Å²) in [5.74, 6) is -0.424. The summed E-state index contributed by atoms with van der Waals surface area (Å²) in [4.78, 5) is 12.2. The predicted molar refractivity (Wildman–Crippen MR) is 96.4 cm³/mol. The molecular weight excluding hydrogens is 392 g/mol. The second-order valence-electron chi connectivity index (χ2n) is 5.64. The third-order valence-electron chi connectivity index (χ3n) is 3.95. The van der Waals surface area contributed by atoms with Crippen LogP contribution in [-0.4, -0.2) is 20.9 Å². The first-order valence-corrected chi connectivity index (χ1v) is 9.89. The summed E-state index contributed by atoms with van der Waals surface area (Å²) in [7, 11) is -3.70. The third-order valence-corrected chi connectivity index (χ3v) is 6.04. The molecule has 7 heteroatoms. The number of para-hydroxylation sites is 1. The molecule has 1 amide bonds. The lowest BCUT2D eigenvalue weighted by atomic mass is 10.1. The molecule has 24 heavy (non-hydrogen) atoms. The van der Waals surface area contributed by atoms with Gasteiger partial charge in [-0.1, -0.05) is 18.2 Å².